The molecule has 1 N–H and O–H groups in total. The third-order valence-corrected chi connectivity index (χ3v) is 6.69. The van der Waals surface area contributed by atoms with Crippen LogP contribution in [0.25, 0.3) is 21.6 Å². The highest BCUT2D eigenvalue weighted by atomic mass is 32.1. The molecule has 2 heterocycles. The van der Waals surface area contributed by atoms with Gasteiger partial charge in [0.05, 0.1) is 24.6 Å². The van der Waals surface area contributed by atoms with Crippen molar-refractivity contribution in [2.24, 2.45) is 0 Å². The lowest BCUT2D eigenvalue weighted by atomic mass is 9.91. The van der Waals surface area contributed by atoms with Crippen LogP contribution in [0.4, 0.5) is 5.82 Å². The number of hydrogen-bond donors (Lipinski definition) is 1. The minimum absolute atomic E-state index is 0.165. The number of fused-ring (bicyclic) bond motifs is 1. The average molecular weight is 468 g/mol. The van der Waals surface area contributed by atoms with Gasteiger partial charge < -0.3 is 14.8 Å². The highest BCUT2D eigenvalue weighted by Gasteiger charge is 2.18. The predicted octanol–water partition coefficient (Wildman–Crippen LogP) is 6.62. The van der Waals surface area contributed by atoms with Crippen LogP contribution in [0.3, 0.4) is 0 Å². The standard InChI is InChI=1S/C28H25N3O2S/c1-32-24-16-21-23(17-25(24)33-2)30-28(26-14-9-15-34-26)31-27(21)29-18-22(19-10-5-3-6-11-19)20-12-7-4-8-13-20/h3-17,22H,18H2,1-2H3,(H,29,30,31). The zero-order valence-corrected chi connectivity index (χ0v) is 19.9. The second kappa shape index (κ2) is 9.93. The van der Waals surface area contributed by atoms with E-state index in [2.05, 4.69) is 53.8 Å². The van der Waals surface area contributed by atoms with Crippen LogP contribution < -0.4 is 14.8 Å². The van der Waals surface area contributed by atoms with E-state index in [0.29, 0.717) is 23.9 Å². The molecule has 0 aliphatic carbocycles. The van der Waals surface area contributed by atoms with Crippen molar-refractivity contribution < 1.29 is 9.47 Å². The van der Waals surface area contributed by atoms with Crippen molar-refractivity contribution in [3.05, 3.63) is 101 Å². The molecule has 0 radical (unpaired) electrons. The molecule has 0 unspecified atom stereocenters. The van der Waals surface area contributed by atoms with Gasteiger partial charge in [0.25, 0.3) is 0 Å². The monoisotopic (exact) mass is 467 g/mol. The van der Waals surface area contributed by atoms with E-state index < -0.39 is 0 Å². The van der Waals surface area contributed by atoms with E-state index in [1.165, 1.54) is 11.1 Å². The molecule has 3 aromatic carbocycles. The zero-order valence-electron chi connectivity index (χ0n) is 19.1. The van der Waals surface area contributed by atoms with Crippen molar-refractivity contribution in [3.8, 4) is 22.2 Å². The predicted molar refractivity (Wildman–Crippen MR) is 139 cm³/mol. The van der Waals surface area contributed by atoms with Crippen LogP contribution >= 0.6 is 11.3 Å². The van der Waals surface area contributed by atoms with Crippen LogP contribution in [0, 0.1) is 0 Å². The topological polar surface area (TPSA) is 56.3 Å². The Labute approximate surface area is 203 Å². The SMILES string of the molecule is COc1cc2nc(-c3cccs3)nc(NCC(c3ccccc3)c3ccccc3)c2cc1OC. The van der Waals surface area contributed by atoms with Gasteiger partial charge in [-0.05, 0) is 28.6 Å². The lowest BCUT2D eigenvalue weighted by Crippen LogP contribution is -2.15. The van der Waals surface area contributed by atoms with Crippen molar-refractivity contribution >= 4 is 28.1 Å². The molecule has 0 aliphatic rings. The van der Waals surface area contributed by atoms with Gasteiger partial charge >= 0.3 is 0 Å². The van der Waals surface area contributed by atoms with Crippen LogP contribution in [0.1, 0.15) is 17.0 Å². The molecule has 0 atom stereocenters. The minimum Gasteiger partial charge on any atom is -0.493 e. The fourth-order valence-corrected chi connectivity index (χ4v) is 4.76. The van der Waals surface area contributed by atoms with E-state index in [1.54, 1.807) is 25.6 Å². The third kappa shape index (κ3) is 4.45. The van der Waals surface area contributed by atoms with Crippen LogP contribution in [-0.2, 0) is 0 Å². The molecule has 5 nitrogen and oxygen atoms in total. The highest BCUT2D eigenvalue weighted by Crippen LogP contribution is 2.36. The molecular formula is C28H25N3O2S. The van der Waals surface area contributed by atoms with Gasteiger partial charge in [-0.25, -0.2) is 9.97 Å². The summed E-state index contributed by atoms with van der Waals surface area (Å²) in [7, 11) is 3.27. The Bertz CT molecular complexity index is 1330. The van der Waals surface area contributed by atoms with Gasteiger partial charge in [0.2, 0.25) is 0 Å². The van der Waals surface area contributed by atoms with Crippen LogP contribution in [0.2, 0.25) is 0 Å². The number of nitrogens with zero attached hydrogens (tertiary/aromatic N) is 2. The maximum atomic E-state index is 5.56. The summed E-state index contributed by atoms with van der Waals surface area (Å²) in [6.07, 6.45) is 0. The van der Waals surface area contributed by atoms with Crippen LogP contribution in [0.5, 0.6) is 11.5 Å². The number of rotatable bonds is 8. The normalized spacial score (nSPS) is 11.0. The molecule has 0 aliphatic heterocycles. The van der Waals surface area contributed by atoms with Crippen molar-refractivity contribution in [2.45, 2.75) is 5.92 Å². The maximum Gasteiger partial charge on any atom is 0.172 e. The summed E-state index contributed by atoms with van der Waals surface area (Å²) in [5.74, 6) is 2.91. The van der Waals surface area contributed by atoms with E-state index >= 15 is 0 Å². The molecule has 0 saturated heterocycles. The second-order valence-electron chi connectivity index (χ2n) is 7.85. The van der Waals surface area contributed by atoms with Crippen molar-refractivity contribution in [1.82, 2.24) is 9.97 Å². The molecule has 0 bridgehead atoms. The Morgan fingerprint density at radius 2 is 1.44 bits per heavy atom. The summed E-state index contributed by atoms with van der Waals surface area (Å²) >= 11 is 1.62. The van der Waals surface area contributed by atoms with E-state index in [9.17, 15) is 0 Å². The smallest absolute Gasteiger partial charge is 0.172 e. The summed E-state index contributed by atoms with van der Waals surface area (Å²) < 4.78 is 11.1. The minimum atomic E-state index is 0.165. The first-order valence-electron chi connectivity index (χ1n) is 11.1. The first kappa shape index (κ1) is 21.9. The Hall–Kier alpha value is -3.90. The molecule has 5 rings (SSSR count). The Kier molecular flexibility index (Phi) is 6.40. The molecule has 0 amide bonds. The van der Waals surface area contributed by atoms with Gasteiger partial charge in [-0.1, -0.05) is 66.7 Å². The molecular weight excluding hydrogens is 442 g/mol. The summed E-state index contributed by atoms with van der Waals surface area (Å²) in [6.45, 7) is 0.679. The average Bonchev–Trinajstić information content (AvgIpc) is 3.44. The zero-order chi connectivity index (χ0) is 23.3. The van der Waals surface area contributed by atoms with Crippen molar-refractivity contribution in [1.29, 1.82) is 0 Å². The number of benzene rings is 3. The third-order valence-electron chi connectivity index (χ3n) is 5.82. The number of ether oxygens (including phenoxy) is 2. The second-order valence-corrected chi connectivity index (χ2v) is 8.80. The first-order chi connectivity index (χ1) is 16.8. The molecule has 170 valence electrons. The highest BCUT2D eigenvalue weighted by molar-refractivity contribution is 7.13. The Morgan fingerprint density at radius 3 is 2.03 bits per heavy atom. The molecule has 5 aromatic rings. The van der Waals surface area contributed by atoms with Crippen molar-refractivity contribution in [3.63, 3.8) is 0 Å². The number of methoxy groups -OCH3 is 2. The van der Waals surface area contributed by atoms with E-state index in [-0.39, 0.29) is 5.92 Å². The van der Waals surface area contributed by atoms with Crippen LogP contribution in [-0.4, -0.2) is 30.7 Å². The fourth-order valence-electron chi connectivity index (χ4n) is 4.10. The quantitative estimate of drug-likeness (QED) is 0.278. The number of nitrogens with one attached hydrogen (secondary N) is 1. The maximum absolute atomic E-state index is 5.56. The molecule has 6 heteroatoms. The van der Waals surface area contributed by atoms with Gasteiger partial charge in [0.15, 0.2) is 17.3 Å². The molecule has 0 spiro atoms. The number of hydrogen-bond acceptors (Lipinski definition) is 6. The van der Waals surface area contributed by atoms with E-state index in [4.69, 9.17) is 19.4 Å². The van der Waals surface area contributed by atoms with Crippen molar-refractivity contribution in [2.75, 3.05) is 26.1 Å². The van der Waals surface area contributed by atoms with Gasteiger partial charge in [-0.2, -0.15) is 0 Å². The van der Waals surface area contributed by atoms with E-state index in [0.717, 1.165) is 21.6 Å². The molecule has 0 fully saturated rings. The fraction of sp³-hybridized carbons (Fsp3) is 0.143. The first-order valence-corrected chi connectivity index (χ1v) is 12.0. The lowest BCUT2D eigenvalue weighted by Gasteiger charge is -2.20. The van der Waals surface area contributed by atoms with Gasteiger partial charge in [-0.3, -0.25) is 0 Å². The Morgan fingerprint density at radius 1 is 0.794 bits per heavy atom. The van der Waals surface area contributed by atoms with Gasteiger partial charge in [0, 0.05) is 23.9 Å². The van der Waals surface area contributed by atoms with E-state index in [1.807, 2.05) is 41.8 Å². The van der Waals surface area contributed by atoms with Gasteiger partial charge in [0.1, 0.15) is 5.82 Å². The lowest BCUT2D eigenvalue weighted by molar-refractivity contribution is 0.356. The van der Waals surface area contributed by atoms with Gasteiger partial charge in [-0.15, -0.1) is 11.3 Å². The number of anilines is 1. The Balaban J connectivity index is 1.58. The largest absolute Gasteiger partial charge is 0.493 e. The summed E-state index contributed by atoms with van der Waals surface area (Å²) in [5.41, 5.74) is 3.30. The van der Waals surface area contributed by atoms with Crippen LogP contribution in [0.15, 0.2) is 90.3 Å². The number of thiophene rings is 1. The molecule has 34 heavy (non-hydrogen) atoms. The molecule has 0 saturated carbocycles. The molecule has 2 aromatic heterocycles. The summed E-state index contributed by atoms with van der Waals surface area (Å²) in [5, 5.41) is 6.55. The number of aromatic nitrogens is 2. The summed E-state index contributed by atoms with van der Waals surface area (Å²) in [6, 6.07) is 29.0. The summed E-state index contributed by atoms with van der Waals surface area (Å²) in [4.78, 5) is 10.8.